The second-order valence-corrected chi connectivity index (χ2v) is 8.20. The molecule has 0 unspecified atom stereocenters. The summed E-state index contributed by atoms with van der Waals surface area (Å²) < 4.78 is 37.5. The lowest BCUT2D eigenvalue weighted by molar-refractivity contribution is -0.611. The number of alkyl halides is 2. The highest BCUT2D eigenvalue weighted by atomic mass is 20.0. The summed E-state index contributed by atoms with van der Waals surface area (Å²) in [5.41, 5.74) is 16.1. The van der Waals surface area contributed by atoms with Gasteiger partial charge < -0.3 is 0 Å². The number of hydrogen-bond acceptors (Lipinski definition) is 0. The van der Waals surface area contributed by atoms with Crippen molar-refractivity contribution in [2.75, 3.05) is 14.4 Å². The lowest BCUT2D eigenvalue weighted by Gasteiger charge is -2.18. The molecule has 0 N–H and O–H groups in total. The standard InChI is InChI=1S/C26H32N.2CH3F.F2/c1-15-10-11-24(17(3)12-15)25-20(6)22(8)27(23(9)21(25)7)26-18(4)13-16(2)14-19(26)5;3*1-2/h10-14H,1-9H3;2*1H3;/q+1;;;. The number of aryl methyl sites for hydroxylation is 5. The summed E-state index contributed by atoms with van der Waals surface area (Å²) in [7, 11) is 1.00. The number of hydrogen-bond donors (Lipinski definition) is 0. The monoisotopic (exact) mass is 464 g/mol. The Kier molecular flexibility index (Phi) is 12.6. The van der Waals surface area contributed by atoms with E-state index in [0.29, 0.717) is 14.4 Å². The molecule has 1 nitrogen and oxygen atoms in total. The van der Waals surface area contributed by atoms with Crippen molar-refractivity contribution in [1.82, 2.24) is 0 Å². The third-order valence-corrected chi connectivity index (χ3v) is 6.02. The van der Waals surface area contributed by atoms with Crippen molar-refractivity contribution in [2.45, 2.75) is 62.3 Å². The molecule has 2 aromatic carbocycles. The number of aromatic nitrogens is 1. The minimum absolute atomic E-state index is 0.500. The third-order valence-electron chi connectivity index (χ3n) is 6.02. The van der Waals surface area contributed by atoms with Crippen molar-refractivity contribution in [3.63, 3.8) is 0 Å². The fraction of sp³-hybridized carbons (Fsp3) is 0.393. The number of halogens is 4. The smallest absolute Gasteiger partial charge is 0.216 e. The molecule has 0 spiro atoms. The molecule has 1 heterocycles. The summed E-state index contributed by atoms with van der Waals surface area (Å²) in [5, 5.41) is 0. The molecule has 0 fully saturated rings. The lowest BCUT2D eigenvalue weighted by atomic mass is 9.90. The van der Waals surface area contributed by atoms with Crippen LogP contribution < -0.4 is 4.57 Å². The van der Waals surface area contributed by atoms with Gasteiger partial charge in [0.05, 0.1) is 14.4 Å². The van der Waals surface area contributed by atoms with Crippen LogP contribution in [0, 0.1) is 62.3 Å². The van der Waals surface area contributed by atoms with Crippen LogP contribution in [0.15, 0.2) is 30.3 Å². The quantitative estimate of drug-likeness (QED) is 0.265. The van der Waals surface area contributed by atoms with Gasteiger partial charge in [0.1, 0.15) is 0 Å². The highest BCUT2D eigenvalue weighted by Crippen LogP contribution is 2.33. The summed E-state index contributed by atoms with van der Waals surface area (Å²) in [5.74, 6) is 0. The summed E-state index contributed by atoms with van der Waals surface area (Å²) in [4.78, 5) is 0. The molecule has 0 saturated carbocycles. The minimum atomic E-state index is 0.500. The number of benzene rings is 2. The van der Waals surface area contributed by atoms with Gasteiger partial charge in [0, 0.05) is 50.8 Å². The zero-order valence-corrected chi connectivity index (χ0v) is 21.8. The zero-order chi connectivity index (χ0) is 26.0. The van der Waals surface area contributed by atoms with Gasteiger partial charge >= 0.3 is 0 Å². The highest BCUT2D eigenvalue weighted by molar-refractivity contribution is 5.74. The molecule has 0 bridgehead atoms. The molecule has 3 rings (SSSR count). The van der Waals surface area contributed by atoms with Crippen molar-refractivity contribution in [2.24, 2.45) is 0 Å². The van der Waals surface area contributed by atoms with Crippen LogP contribution in [0.5, 0.6) is 0 Å². The van der Waals surface area contributed by atoms with E-state index >= 15 is 0 Å². The molecule has 182 valence electrons. The predicted octanol–water partition coefficient (Wildman–Crippen LogP) is 8.42. The minimum Gasteiger partial charge on any atom is -0.255 e. The molecule has 0 amide bonds. The van der Waals surface area contributed by atoms with E-state index in [-0.39, 0.29) is 0 Å². The first-order chi connectivity index (χ1) is 15.6. The van der Waals surface area contributed by atoms with Gasteiger partial charge in [-0.05, 0) is 71.7 Å². The molecule has 3 aromatic rings. The molecular weight excluding hydrogens is 426 g/mol. The van der Waals surface area contributed by atoms with Crippen molar-refractivity contribution in [3.05, 3.63) is 80.7 Å². The second-order valence-electron chi connectivity index (χ2n) is 8.20. The Hall–Kier alpha value is -2.69. The Morgan fingerprint density at radius 2 is 0.939 bits per heavy atom. The van der Waals surface area contributed by atoms with Gasteiger partial charge in [0.15, 0.2) is 11.4 Å². The van der Waals surface area contributed by atoms with Crippen molar-refractivity contribution >= 4 is 0 Å². The van der Waals surface area contributed by atoms with Gasteiger partial charge in [-0.15, -0.1) is 0 Å². The van der Waals surface area contributed by atoms with Crippen LogP contribution in [-0.2, 0) is 0 Å². The van der Waals surface area contributed by atoms with Gasteiger partial charge in [-0.2, -0.15) is 4.57 Å². The molecule has 0 aliphatic carbocycles. The van der Waals surface area contributed by atoms with Crippen molar-refractivity contribution in [3.8, 4) is 16.8 Å². The van der Waals surface area contributed by atoms with E-state index in [2.05, 4.69) is 97.2 Å². The molecular formula is C28H38F4N+. The largest absolute Gasteiger partial charge is 0.255 e. The Balaban J connectivity index is 0.00000158. The predicted molar refractivity (Wildman–Crippen MR) is 132 cm³/mol. The maximum absolute atomic E-state index is 9.50. The van der Waals surface area contributed by atoms with Crippen LogP contribution in [0.4, 0.5) is 17.9 Å². The molecule has 0 aliphatic heterocycles. The van der Waals surface area contributed by atoms with Gasteiger partial charge in [-0.25, -0.2) is 0 Å². The normalized spacial score (nSPS) is 9.67. The Morgan fingerprint density at radius 3 is 1.33 bits per heavy atom. The summed E-state index contributed by atoms with van der Waals surface area (Å²) in [6, 6.07) is 11.4. The van der Waals surface area contributed by atoms with Crippen LogP contribution in [0.1, 0.15) is 50.3 Å². The molecule has 33 heavy (non-hydrogen) atoms. The maximum atomic E-state index is 9.50. The maximum Gasteiger partial charge on any atom is 0.216 e. The van der Waals surface area contributed by atoms with E-state index in [1.165, 1.54) is 67.1 Å². The second kappa shape index (κ2) is 13.8. The van der Waals surface area contributed by atoms with Gasteiger partial charge in [-0.1, -0.05) is 29.3 Å². The Labute approximate surface area is 197 Å². The van der Waals surface area contributed by atoms with E-state index < -0.39 is 0 Å². The third kappa shape index (κ3) is 6.43. The molecule has 0 radical (unpaired) electrons. The van der Waals surface area contributed by atoms with Gasteiger partial charge in [-0.3, -0.25) is 8.78 Å². The van der Waals surface area contributed by atoms with Crippen LogP contribution in [0.2, 0.25) is 0 Å². The molecule has 0 aliphatic rings. The fourth-order valence-electron chi connectivity index (χ4n) is 4.59. The van der Waals surface area contributed by atoms with E-state index in [1.807, 2.05) is 0 Å². The summed E-state index contributed by atoms with van der Waals surface area (Å²) >= 11 is 0. The van der Waals surface area contributed by atoms with Gasteiger partial charge in [0.25, 0.3) is 0 Å². The molecule has 1 aromatic heterocycles. The topological polar surface area (TPSA) is 3.88 Å². The average molecular weight is 465 g/mol. The molecule has 0 saturated heterocycles. The van der Waals surface area contributed by atoms with E-state index in [9.17, 15) is 8.78 Å². The Bertz CT molecular complexity index is 1020. The van der Waals surface area contributed by atoms with Crippen LogP contribution in [0.25, 0.3) is 16.8 Å². The number of rotatable bonds is 2. The Morgan fingerprint density at radius 1 is 0.545 bits per heavy atom. The summed E-state index contributed by atoms with van der Waals surface area (Å²) in [6.07, 6.45) is 0. The first-order valence-electron chi connectivity index (χ1n) is 10.7. The van der Waals surface area contributed by atoms with Crippen LogP contribution in [0.3, 0.4) is 0 Å². The SMILES string of the molecule is CF.CF.Cc1ccc(-c2c(C)c(C)[n+](-c3c(C)cc(C)cc3C)c(C)c2C)c(C)c1.FF. The summed E-state index contributed by atoms with van der Waals surface area (Å²) in [6.45, 7) is 20.1. The zero-order valence-electron chi connectivity index (χ0n) is 21.8. The number of nitrogens with zero attached hydrogens (tertiary/aromatic N) is 1. The van der Waals surface area contributed by atoms with E-state index in [1.54, 1.807) is 0 Å². The molecule has 5 heteroatoms. The van der Waals surface area contributed by atoms with Crippen LogP contribution >= 0.6 is 0 Å². The first-order valence-corrected chi connectivity index (χ1v) is 10.7. The van der Waals surface area contributed by atoms with E-state index in [4.69, 9.17) is 9.15 Å². The lowest BCUT2D eigenvalue weighted by Crippen LogP contribution is -2.41. The van der Waals surface area contributed by atoms with E-state index in [0.717, 1.165) is 0 Å². The molecule has 0 atom stereocenters. The highest BCUT2D eigenvalue weighted by Gasteiger charge is 2.27. The number of pyridine rings is 1. The first kappa shape index (κ1) is 30.3. The van der Waals surface area contributed by atoms with Crippen molar-refractivity contribution < 1.29 is 22.5 Å². The van der Waals surface area contributed by atoms with Crippen molar-refractivity contribution in [1.29, 1.82) is 0 Å². The van der Waals surface area contributed by atoms with Gasteiger partial charge in [0.2, 0.25) is 5.69 Å². The fourth-order valence-corrected chi connectivity index (χ4v) is 4.59. The average Bonchev–Trinajstić information content (AvgIpc) is 2.79. The van der Waals surface area contributed by atoms with Crippen LogP contribution in [-0.4, -0.2) is 14.4 Å².